The fourth-order valence-electron chi connectivity index (χ4n) is 1.96. The minimum Gasteiger partial charge on any atom is -0.481 e. The molecule has 0 spiro atoms. The molecule has 114 valence electrons. The average molecular weight is 296 g/mol. The fraction of sp³-hybridized carbons (Fsp3) is 0.727. The Morgan fingerprint density at radius 1 is 1.35 bits per heavy atom. The zero-order valence-corrected chi connectivity index (χ0v) is 11.0. The molecule has 0 aliphatic carbocycles. The lowest BCUT2D eigenvalue weighted by Gasteiger charge is -2.27. The van der Waals surface area contributed by atoms with E-state index in [0.717, 1.165) is 9.80 Å². The standard InChI is InChI=1S/C11H15F3N2O4/c1-7(17)15(2)5-8(18)16-4-3-10(6-16,9(19)20)11(12,13)14/h3-6H2,1-2H3,(H,19,20). The van der Waals surface area contributed by atoms with Crippen LogP contribution in [0.2, 0.25) is 0 Å². The summed E-state index contributed by atoms with van der Waals surface area (Å²) in [4.78, 5) is 35.6. The molecule has 0 saturated carbocycles. The first-order chi connectivity index (χ1) is 9.01. The minimum atomic E-state index is -4.93. The van der Waals surface area contributed by atoms with Crippen molar-refractivity contribution < 1.29 is 32.7 Å². The molecule has 1 aliphatic rings. The second kappa shape index (κ2) is 5.29. The molecule has 6 nitrogen and oxygen atoms in total. The highest BCUT2D eigenvalue weighted by Crippen LogP contribution is 2.45. The summed E-state index contributed by atoms with van der Waals surface area (Å²) < 4.78 is 38.7. The third-order valence-electron chi connectivity index (χ3n) is 3.48. The maximum atomic E-state index is 12.9. The van der Waals surface area contributed by atoms with Gasteiger partial charge in [0.1, 0.15) is 0 Å². The van der Waals surface area contributed by atoms with Gasteiger partial charge in [-0.3, -0.25) is 14.4 Å². The quantitative estimate of drug-likeness (QED) is 0.814. The van der Waals surface area contributed by atoms with Crippen molar-refractivity contribution in [3.63, 3.8) is 0 Å². The minimum absolute atomic E-state index is 0.295. The third-order valence-corrected chi connectivity index (χ3v) is 3.48. The molecule has 0 bridgehead atoms. The molecule has 9 heteroatoms. The zero-order chi connectivity index (χ0) is 15.7. The first-order valence-corrected chi connectivity index (χ1v) is 5.81. The van der Waals surface area contributed by atoms with Gasteiger partial charge in [-0.15, -0.1) is 0 Å². The Morgan fingerprint density at radius 3 is 2.25 bits per heavy atom. The van der Waals surface area contributed by atoms with Gasteiger partial charge in [0.05, 0.1) is 6.54 Å². The molecule has 1 N–H and O–H groups in total. The van der Waals surface area contributed by atoms with Crippen molar-refractivity contribution in [1.29, 1.82) is 0 Å². The largest absolute Gasteiger partial charge is 0.481 e. The highest BCUT2D eigenvalue weighted by molar-refractivity contribution is 5.85. The van der Waals surface area contributed by atoms with Crippen LogP contribution in [-0.2, 0) is 14.4 Å². The molecule has 0 aromatic heterocycles. The van der Waals surface area contributed by atoms with Crippen LogP contribution >= 0.6 is 0 Å². The number of hydrogen-bond donors (Lipinski definition) is 1. The number of alkyl halides is 3. The van der Waals surface area contributed by atoms with E-state index in [1.165, 1.54) is 14.0 Å². The summed E-state index contributed by atoms with van der Waals surface area (Å²) in [5.74, 6) is -3.09. The summed E-state index contributed by atoms with van der Waals surface area (Å²) in [5, 5.41) is 8.85. The van der Waals surface area contributed by atoms with Gasteiger partial charge in [-0.25, -0.2) is 0 Å². The lowest BCUT2D eigenvalue weighted by atomic mass is 9.86. The monoisotopic (exact) mass is 296 g/mol. The number of hydrogen-bond acceptors (Lipinski definition) is 3. The number of likely N-dealkylation sites (N-methyl/N-ethyl adjacent to an activating group) is 1. The number of likely N-dealkylation sites (tertiary alicyclic amines) is 1. The highest BCUT2D eigenvalue weighted by atomic mass is 19.4. The van der Waals surface area contributed by atoms with Crippen LogP contribution in [0.1, 0.15) is 13.3 Å². The zero-order valence-electron chi connectivity index (χ0n) is 11.0. The number of halogens is 3. The number of amides is 2. The van der Waals surface area contributed by atoms with Gasteiger partial charge in [-0.2, -0.15) is 13.2 Å². The van der Waals surface area contributed by atoms with Crippen LogP contribution in [0.25, 0.3) is 0 Å². The first kappa shape index (κ1) is 16.3. The van der Waals surface area contributed by atoms with Crippen LogP contribution in [0.3, 0.4) is 0 Å². The lowest BCUT2D eigenvalue weighted by Crippen LogP contribution is -2.48. The molecule has 20 heavy (non-hydrogen) atoms. The molecule has 1 aliphatic heterocycles. The number of rotatable bonds is 3. The molecule has 0 aromatic rings. The number of carboxylic acid groups (broad SMARTS) is 1. The molecular weight excluding hydrogens is 281 g/mol. The van der Waals surface area contributed by atoms with Crippen LogP contribution in [0.5, 0.6) is 0 Å². The molecule has 0 aromatic carbocycles. The Kier molecular flexibility index (Phi) is 4.30. The summed E-state index contributed by atoms with van der Waals surface area (Å²) in [7, 11) is 1.34. The highest BCUT2D eigenvalue weighted by Gasteiger charge is 2.64. The predicted octanol–water partition coefficient (Wildman–Crippen LogP) is 0.330. The van der Waals surface area contributed by atoms with Crippen molar-refractivity contribution >= 4 is 17.8 Å². The van der Waals surface area contributed by atoms with Crippen molar-refractivity contribution in [3.8, 4) is 0 Å². The van der Waals surface area contributed by atoms with Crippen molar-refractivity contribution in [2.45, 2.75) is 19.5 Å². The molecule has 1 unspecified atom stereocenters. The van der Waals surface area contributed by atoms with Gasteiger partial charge in [0, 0.05) is 27.1 Å². The molecular formula is C11H15F3N2O4. The smallest absolute Gasteiger partial charge is 0.406 e. The van der Waals surface area contributed by atoms with E-state index >= 15 is 0 Å². The average Bonchev–Trinajstić information content (AvgIpc) is 2.73. The second-order valence-corrected chi connectivity index (χ2v) is 4.83. The van der Waals surface area contributed by atoms with Crippen LogP contribution in [0, 0.1) is 5.41 Å². The summed E-state index contributed by atoms with van der Waals surface area (Å²) in [5.41, 5.74) is -2.92. The van der Waals surface area contributed by atoms with Gasteiger partial charge in [0.15, 0.2) is 5.41 Å². The molecule has 1 saturated heterocycles. The van der Waals surface area contributed by atoms with Gasteiger partial charge in [0.25, 0.3) is 0 Å². The van der Waals surface area contributed by atoms with E-state index in [4.69, 9.17) is 5.11 Å². The van der Waals surface area contributed by atoms with E-state index in [-0.39, 0.29) is 13.1 Å². The summed E-state index contributed by atoms with van der Waals surface area (Å²) in [6, 6.07) is 0. The molecule has 1 heterocycles. The van der Waals surface area contributed by atoms with Crippen LogP contribution in [0.4, 0.5) is 13.2 Å². The summed E-state index contributed by atoms with van der Waals surface area (Å²) >= 11 is 0. The number of carbonyl (C=O) groups excluding carboxylic acids is 2. The Morgan fingerprint density at radius 2 is 1.90 bits per heavy atom. The second-order valence-electron chi connectivity index (χ2n) is 4.83. The van der Waals surface area contributed by atoms with E-state index in [1.807, 2.05) is 0 Å². The van der Waals surface area contributed by atoms with Crippen molar-refractivity contribution in [3.05, 3.63) is 0 Å². The van der Waals surface area contributed by atoms with Gasteiger partial charge in [0.2, 0.25) is 11.8 Å². The van der Waals surface area contributed by atoms with Crippen LogP contribution in [-0.4, -0.2) is 65.5 Å². The van der Waals surface area contributed by atoms with E-state index in [2.05, 4.69) is 0 Å². The van der Waals surface area contributed by atoms with E-state index in [9.17, 15) is 27.6 Å². The third kappa shape index (κ3) is 2.86. The molecule has 1 fully saturated rings. The van der Waals surface area contributed by atoms with Crippen LogP contribution in [0.15, 0.2) is 0 Å². The summed E-state index contributed by atoms with van der Waals surface area (Å²) in [6.07, 6.45) is -5.61. The maximum Gasteiger partial charge on any atom is 0.406 e. The Labute approximate surface area is 113 Å². The van der Waals surface area contributed by atoms with Gasteiger partial charge >= 0.3 is 12.1 Å². The number of aliphatic carboxylic acids is 1. The topological polar surface area (TPSA) is 77.9 Å². The van der Waals surface area contributed by atoms with Crippen LogP contribution < -0.4 is 0 Å². The van der Waals surface area contributed by atoms with Gasteiger partial charge in [-0.05, 0) is 6.42 Å². The normalized spacial score (nSPS) is 22.8. The predicted molar refractivity (Wildman–Crippen MR) is 60.6 cm³/mol. The molecule has 1 atom stereocenters. The number of nitrogens with zero attached hydrogens (tertiary/aromatic N) is 2. The van der Waals surface area contributed by atoms with E-state index in [1.54, 1.807) is 0 Å². The Balaban J connectivity index is 2.82. The van der Waals surface area contributed by atoms with E-state index in [0.29, 0.717) is 0 Å². The number of carboxylic acids is 1. The molecule has 0 radical (unpaired) electrons. The number of carbonyl (C=O) groups is 3. The summed E-state index contributed by atoms with van der Waals surface area (Å²) in [6.45, 7) is -0.371. The Hall–Kier alpha value is -1.80. The van der Waals surface area contributed by atoms with Crippen molar-refractivity contribution in [2.24, 2.45) is 5.41 Å². The van der Waals surface area contributed by atoms with E-state index < -0.39 is 42.3 Å². The maximum absolute atomic E-state index is 12.9. The molecule has 2 amide bonds. The molecule has 1 rings (SSSR count). The van der Waals surface area contributed by atoms with Crippen molar-refractivity contribution in [1.82, 2.24) is 9.80 Å². The van der Waals surface area contributed by atoms with Gasteiger partial charge in [-0.1, -0.05) is 0 Å². The van der Waals surface area contributed by atoms with Gasteiger partial charge < -0.3 is 14.9 Å². The first-order valence-electron chi connectivity index (χ1n) is 5.81. The fourth-order valence-corrected chi connectivity index (χ4v) is 1.96. The Bertz CT molecular complexity index is 438. The lowest BCUT2D eigenvalue weighted by molar-refractivity contribution is -0.227. The van der Waals surface area contributed by atoms with Crippen molar-refractivity contribution in [2.75, 3.05) is 26.7 Å². The SMILES string of the molecule is CC(=O)N(C)CC(=O)N1CCC(C(=O)O)(C(F)(F)F)C1.